The van der Waals surface area contributed by atoms with E-state index in [2.05, 4.69) is 16.3 Å². The van der Waals surface area contributed by atoms with Crippen LogP contribution in [-0.4, -0.2) is 34.8 Å². The number of ether oxygens (including phenoxy) is 2. The topological polar surface area (TPSA) is 81.3 Å². The van der Waals surface area contributed by atoms with Gasteiger partial charge in [0, 0.05) is 17.7 Å². The Hall–Kier alpha value is -2.11. The number of aromatic nitrogens is 2. The molecule has 0 radical (unpaired) electrons. The summed E-state index contributed by atoms with van der Waals surface area (Å²) < 4.78 is 10.5. The molecular weight excluding hydrogens is 344 g/mol. The summed E-state index contributed by atoms with van der Waals surface area (Å²) in [5.74, 6) is -0.372. The van der Waals surface area contributed by atoms with E-state index in [-0.39, 0.29) is 17.9 Å². The maximum Gasteiger partial charge on any atom is 0.312 e. The van der Waals surface area contributed by atoms with Gasteiger partial charge >= 0.3 is 11.9 Å². The normalized spacial score (nSPS) is 25.4. The van der Waals surface area contributed by atoms with Crippen molar-refractivity contribution >= 4 is 17.5 Å². The lowest BCUT2D eigenvalue weighted by Crippen LogP contribution is -2.36. The molecule has 2 aliphatic rings. The number of carbonyl (C=O) groups excluding carboxylic acids is 2. The van der Waals surface area contributed by atoms with E-state index < -0.39 is 11.0 Å². The molecule has 0 aromatic carbocycles. The lowest BCUT2D eigenvalue weighted by molar-refractivity contribution is -0.167. The summed E-state index contributed by atoms with van der Waals surface area (Å²) in [5, 5.41) is 7.65. The molecule has 0 bridgehead atoms. The molecule has 2 aliphatic carbocycles. The first-order valence-corrected chi connectivity index (χ1v) is 9.70. The molecule has 3 rings (SSSR count). The lowest BCUT2D eigenvalue weighted by atomic mass is 9.75. The highest BCUT2D eigenvalue weighted by molar-refractivity contribution is 5.79. The van der Waals surface area contributed by atoms with Gasteiger partial charge in [0.2, 0.25) is 0 Å². The maximum atomic E-state index is 12.6. The Bertz CT molecular complexity index is 772. The number of hydrogen-bond acceptors (Lipinski definition) is 5. The van der Waals surface area contributed by atoms with Crippen LogP contribution in [0.1, 0.15) is 70.3 Å². The fraction of sp³-hybridized carbons (Fsp3) is 0.667. The lowest BCUT2D eigenvalue weighted by Gasteiger charge is -2.33. The van der Waals surface area contributed by atoms with Crippen molar-refractivity contribution in [3.05, 3.63) is 23.0 Å². The van der Waals surface area contributed by atoms with Crippen LogP contribution in [0.2, 0.25) is 0 Å². The van der Waals surface area contributed by atoms with Crippen molar-refractivity contribution in [1.29, 1.82) is 0 Å². The molecule has 1 aromatic rings. The second kappa shape index (κ2) is 7.13. The smallest absolute Gasteiger partial charge is 0.312 e. The number of carbonyl (C=O) groups is 2. The maximum absolute atomic E-state index is 12.6. The fourth-order valence-electron chi connectivity index (χ4n) is 3.90. The number of methoxy groups -OCH3 is 1. The first-order valence-electron chi connectivity index (χ1n) is 9.70. The van der Waals surface area contributed by atoms with Crippen molar-refractivity contribution in [2.24, 2.45) is 11.3 Å². The fourth-order valence-corrected chi connectivity index (χ4v) is 3.90. The van der Waals surface area contributed by atoms with Crippen LogP contribution in [0.4, 0.5) is 0 Å². The van der Waals surface area contributed by atoms with E-state index in [0.29, 0.717) is 12.8 Å². The number of H-pyrrole nitrogens is 1. The molecule has 0 saturated carbocycles. The second-order valence-electron chi connectivity index (χ2n) is 8.99. The molecule has 0 amide bonds. The summed E-state index contributed by atoms with van der Waals surface area (Å²) >= 11 is 0. The largest absolute Gasteiger partial charge is 0.469 e. The molecule has 6 heteroatoms. The van der Waals surface area contributed by atoms with Gasteiger partial charge in [-0.1, -0.05) is 6.08 Å². The zero-order valence-corrected chi connectivity index (χ0v) is 17.0. The summed E-state index contributed by atoms with van der Waals surface area (Å²) in [6.07, 6.45) is 6.60. The van der Waals surface area contributed by atoms with Crippen molar-refractivity contribution in [2.45, 2.75) is 71.8 Å². The van der Waals surface area contributed by atoms with Crippen LogP contribution >= 0.6 is 0 Å². The third-order valence-electron chi connectivity index (χ3n) is 5.62. The Morgan fingerprint density at radius 1 is 1.30 bits per heavy atom. The Kier molecular flexibility index (Phi) is 5.19. The number of fused-ring (bicyclic) bond motifs is 1. The van der Waals surface area contributed by atoms with Gasteiger partial charge in [0.05, 0.1) is 24.1 Å². The summed E-state index contributed by atoms with van der Waals surface area (Å²) in [7, 11) is 1.44. The molecule has 0 saturated heterocycles. The Morgan fingerprint density at radius 3 is 2.63 bits per heavy atom. The first kappa shape index (κ1) is 19.6. The Balaban J connectivity index is 1.73. The molecule has 1 N–H and O–H groups in total. The van der Waals surface area contributed by atoms with E-state index in [0.717, 1.165) is 37.1 Å². The number of nitrogens with one attached hydrogen (secondary N) is 1. The van der Waals surface area contributed by atoms with Gasteiger partial charge in [-0.15, -0.1) is 0 Å². The molecule has 1 aromatic heterocycles. The van der Waals surface area contributed by atoms with Crippen LogP contribution in [0.15, 0.2) is 6.08 Å². The minimum atomic E-state index is -0.483. The van der Waals surface area contributed by atoms with E-state index in [9.17, 15) is 9.59 Å². The van der Waals surface area contributed by atoms with E-state index in [1.807, 2.05) is 27.7 Å². The zero-order valence-electron chi connectivity index (χ0n) is 17.0. The zero-order chi connectivity index (χ0) is 19.8. The summed E-state index contributed by atoms with van der Waals surface area (Å²) in [5.41, 5.74) is 3.48. The highest BCUT2D eigenvalue weighted by Crippen LogP contribution is 2.41. The third kappa shape index (κ3) is 4.09. The average molecular weight is 374 g/mol. The van der Waals surface area contributed by atoms with Gasteiger partial charge in [0.1, 0.15) is 5.60 Å². The molecule has 0 aliphatic heterocycles. The molecule has 148 valence electrons. The molecule has 0 fully saturated rings. The third-order valence-corrected chi connectivity index (χ3v) is 5.62. The first-order chi connectivity index (χ1) is 12.6. The van der Waals surface area contributed by atoms with Crippen LogP contribution < -0.4 is 0 Å². The molecule has 2 unspecified atom stereocenters. The summed E-state index contributed by atoms with van der Waals surface area (Å²) in [6.45, 7) is 7.68. The van der Waals surface area contributed by atoms with Crippen molar-refractivity contribution in [1.82, 2.24) is 10.2 Å². The van der Waals surface area contributed by atoms with Crippen molar-refractivity contribution in [3.8, 4) is 0 Å². The van der Waals surface area contributed by atoms with Crippen molar-refractivity contribution in [2.75, 3.05) is 7.11 Å². The monoisotopic (exact) mass is 374 g/mol. The van der Waals surface area contributed by atoms with Gasteiger partial charge in [-0.3, -0.25) is 14.7 Å². The van der Waals surface area contributed by atoms with E-state index in [1.54, 1.807) is 0 Å². The molecule has 0 spiro atoms. The number of rotatable bonds is 3. The molecule has 1 heterocycles. The van der Waals surface area contributed by atoms with Crippen LogP contribution in [0, 0.1) is 11.3 Å². The number of hydrogen-bond donors (Lipinski definition) is 1. The average Bonchev–Trinajstić information content (AvgIpc) is 3.03. The standard InChI is InChI=1S/C21H30N2O4/c1-20(2,3)27-19(25)21(4)10-8-13(9-11-21)17-15-7-6-14(18(24)26-5)12-16(15)22-23-17/h8,14H,6-7,9-12H2,1-5H3,(H,22,23). The van der Waals surface area contributed by atoms with E-state index in [4.69, 9.17) is 9.47 Å². The minimum absolute atomic E-state index is 0.0911. The Morgan fingerprint density at radius 2 is 2.04 bits per heavy atom. The summed E-state index contributed by atoms with van der Waals surface area (Å²) in [6, 6.07) is 0. The second-order valence-corrected chi connectivity index (χ2v) is 8.99. The predicted molar refractivity (Wildman–Crippen MR) is 102 cm³/mol. The number of nitrogens with zero attached hydrogens (tertiary/aromatic N) is 1. The minimum Gasteiger partial charge on any atom is -0.469 e. The SMILES string of the molecule is COC(=O)C1CCc2c(C3=CCC(C)(C(=O)OC(C)(C)C)CC3)n[nH]c2C1. The van der Waals surface area contributed by atoms with Crippen molar-refractivity contribution in [3.63, 3.8) is 0 Å². The highest BCUT2D eigenvalue weighted by Gasteiger charge is 2.39. The number of aromatic amines is 1. The molecule has 2 atom stereocenters. The van der Waals surface area contributed by atoms with Gasteiger partial charge in [0.15, 0.2) is 0 Å². The van der Waals surface area contributed by atoms with Crippen LogP contribution in [0.25, 0.3) is 5.57 Å². The van der Waals surface area contributed by atoms with Crippen LogP contribution in [0.3, 0.4) is 0 Å². The number of allylic oxidation sites excluding steroid dienone is 2. The van der Waals surface area contributed by atoms with Crippen LogP contribution in [-0.2, 0) is 31.9 Å². The van der Waals surface area contributed by atoms with Gasteiger partial charge in [-0.05, 0) is 65.4 Å². The van der Waals surface area contributed by atoms with Crippen molar-refractivity contribution < 1.29 is 19.1 Å². The molecule has 27 heavy (non-hydrogen) atoms. The molecule has 6 nitrogen and oxygen atoms in total. The Labute approximate surface area is 160 Å². The van der Waals surface area contributed by atoms with Gasteiger partial charge in [-0.25, -0.2) is 0 Å². The highest BCUT2D eigenvalue weighted by atomic mass is 16.6. The van der Waals surface area contributed by atoms with E-state index >= 15 is 0 Å². The predicted octanol–water partition coefficient (Wildman–Crippen LogP) is 3.60. The number of esters is 2. The van der Waals surface area contributed by atoms with Gasteiger partial charge < -0.3 is 9.47 Å². The quantitative estimate of drug-likeness (QED) is 0.818. The van der Waals surface area contributed by atoms with E-state index in [1.165, 1.54) is 18.2 Å². The van der Waals surface area contributed by atoms with Crippen LogP contribution in [0.5, 0.6) is 0 Å². The van der Waals surface area contributed by atoms with Gasteiger partial charge in [-0.2, -0.15) is 5.10 Å². The summed E-state index contributed by atoms with van der Waals surface area (Å²) in [4.78, 5) is 24.4. The van der Waals surface area contributed by atoms with Gasteiger partial charge in [0.25, 0.3) is 0 Å². The molecular formula is C21H30N2O4.